The predicted molar refractivity (Wildman–Crippen MR) is 76.2 cm³/mol. The zero-order valence-corrected chi connectivity index (χ0v) is 12.6. The average Bonchev–Trinajstić information content (AvgIpc) is 2.29. The van der Waals surface area contributed by atoms with Gasteiger partial charge in [-0.25, -0.2) is 0 Å². The Morgan fingerprint density at radius 2 is 1.78 bits per heavy atom. The van der Waals surface area contributed by atoms with E-state index >= 15 is 0 Å². The van der Waals surface area contributed by atoms with Crippen LogP contribution in [0.25, 0.3) is 0 Å². The van der Waals surface area contributed by atoms with Crippen molar-refractivity contribution in [3.63, 3.8) is 0 Å². The van der Waals surface area contributed by atoms with E-state index in [-0.39, 0.29) is 5.78 Å². The molecule has 0 aliphatic rings. The van der Waals surface area contributed by atoms with Gasteiger partial charge in [0.05, 0.1) is 19.3 Å². The molecule has 18 heavy (non-hydrogen) atoms. The van der Waals surface area contributed by atoms with E-state index < -0.39 is 0 Å². The summed E-state index contributed by atoms with van der Waals surface area (Å²) in [6.45, 7) is 7.81. The first-order valence-electron chi connectivity index (χ1n) is 5.85. The number of carbonyl (C=O) groups excluding carboxylic acids is 1. The molecule has 0 aliphatic heterocycles. The van der Waals surface area contributed by atoms with Gasteiger partial charge in [-0.1, -0.05) is 11.6 Å². The molecule has 0 radical (unpaired) electrons. The Bertz CT molecular complexity index is 483. The molecule has 1 rings (SSSR count). The molecule has 1 aromatic carbocycles. The van der Waals surface area contributed by atoms with Crippen LogP contribution in [0.15, 0.2) is 0 Å². The number of carbonyl (C=O) groups is 1. The molecule has 0 aromatic heterocycles. The van der Waals surface area contributed by atoms with Crippen molar-refractivity contribution in [2.75, 3.05) is 25.6 Å². The number of likely N-dealkylation sites (N-methyl/N-ethyl adjacent to an activating group) is 1. The Balaban J connectivity index is 3.46. The van der Waals surface area contributed by atoms with Gasteiger partial charge in [0.25, 0.3) is 0 Å². The molecule has 0 saturated carbocycles. The van der Waals surface area contributed by atoms with Crippen LogP contribution in [0.4, 0.5) is 5.69 Å². The third kappa shape index (κ3) is 2.61. The van der Waals surface area contributed by atoms with Crippen LogP contribution < -0.4 is 9.64 Å². The smallest absolute Gasteiger partial charge is 0.149 e. The Morgan fingerprint density at radius 1 is 1.22 bits per heavy atom. The number of ether oxygens (including phenoxy) is 1. The SMILES string of the molecule is COc1c(C)c(C)c(Cl)c(C)c1N(C)CC(C)=O. The number of halogens is 1. The molecule has 0 fully saturated rings. The lowest BCUT2D eigenvalue weighted by Crippen LogP contribution is -2.25. The number of rotatable bonds is 4. The van der Waals surface area contributed by atoms with Gasteiger partial charge in [0, 0.05) is 12.1 Å². The van der Waals surface area contributed by atoms with Crippen LogP contribution in [-0.4, -0.2) is 26.5 Å². The van der Waals surface area contributed by atoms with Gasteiger partial charge in [-0.2, -0.15) is 0 Å². The molecular formula is C14H20ClNO2. The second-order valence-corrected chi connectivity index (χ2v) is 5.01. The third-order valence-electron chi connectivity index (χ3n) is 3.18. The average molecular weight is 270 g/mol. The molecule has 100 valence electrons. The Kier molecular flexibility index (Phi) is 4.63. The molecular weight excluding hydrogens is 250 g/mol. The van der Waals surface area contributed by atoms with Crippen LogP contribution in [0.1, 0.15) is 23.6 Å². The van der Waals surface area contributed by atoms with E-state index in [0.717, 1.165) is 33.1 Å². The van der Waals surface area contributed by atoms with Crippen molar-refractivity contribution in [2.24, 2.45) is 0 Å². The minimum atomic E-state index is 0.105. The minimum Gasteiger partial charge on any atom is -0.494 e. The largest absolute Gasteiger partial charge is 0.494 e. The lowest BCUT2D eigenvalue weighted by Gasteiger charge is -2.26. The van der Waals surface area contributed by atoms with Gasteiger partial charge in [0.1, 0.15) is 11.5 Å². The summed E-state index contributed by atoms with van der Waals surface area (Å²) in [5.41, 5.74) is 3.87. The number of ketones is 1. The van der Waals surface area contributed by atoms with Crippen LogP contribution in [0.2, 0.25) is 5.02 Å². The number of hydrogen-bond donors (Lipinski definition) is 0. The molecule has 0 amide bonds. The molecule has 0 unspecified atom stereocenters. The molecule has 0 atom stereocenters. The normalized spacial score (nSPS) is 10.4. The number of nitrogens with zero attached hydrogens (tertiary/aromatic N) is 1. The van der Waals surface area contributed by atoms with Crippen molar-refractivity contribution in [2.45, 2.75) is 27.7 Å². The quantitative estimate of drug-likeness (QED) is 0.840. The molecule has 0 heterocycles. The summed E-state index contributed by atoms with van der Waals surface area (Å²) in [5.74, 6) is 0.895. The van der Waals surface area contributed by atoms with E-state index in [1.165, 1.54) is 0 Å². The first-order chi connectivity index (χ1) is 8.31. The summed E-state index contributed by atoms with van der Waals surface area (Å²) in [6.07, 6.45) is 0. The minimum absolute atomic E-state index is 0.105. The summed E-state index contributed by atoms with van der Waals surface area (Å²) in [5, 5.41) is 0.735. The summed E-state index contributed by atoms with van der Waals surface area (Å²) in [7, 11) is 3.51. The van der Waals surface area contributed by atoms with Gasteiger partial charge in [-0.05, 0) is 44.4 Å². The fraction of sp³-hybridized carbons (Fsp3) is 0.500. The number of methoxy groups -OCH3 is 1. The van der Waals surface area contributed by atoms with Crippen molar-refractivity contribution in [1.82, 2.24) is 0 Å². The highest BCUT2D eigenvalue weighted by Crippen LogP contribution is 2.41. The van der Waals surface area contributed by atoms with E-state index in [4.69, 9.17) is 16.3 Å². The van der Waals surface area contributed by atoms with Crippen molar-refractivity contribution in [3.05, 3.63) is 21.7 Å². The third-order valence-corrected chi connectivity index (χ3v) is 3.74. The van der Waals surface area contributed by atoms with Crippen LogP contribution in [0.5, 0.6) is 5.75 Å². The zero-order valence-electron chi connectivity index (χ0n) is 11.8. The molecule has 3 nitrogen and oxygen atoms in total. The standard InChI is InChI=1S/C14H20ClNO2/c1-8(17)7-16(5)13-11(4)12(15)9(2)10(3)14(13)18-6/h7H2,1-6H3. The highest BCUT2D eigenvalue weighted by atomic mass is 35.5. The van der Waals surface area contributed by atoms with Crippen LogP contribution in [-0.2, 0) is 4.79 Å². The molecule has 0 aliphatic carbocycles. The lowest BCUT2D eigenvalue weighted by atomic mass is 10.0. The van der Waals surface area contributed by atoms with Gasteiger partial charge in [0.2, 0.25) is 0 Å². The molecule has 0 saturated heterocycles. The second-order valence-electron chi connectivity index (χ2n) is 4.63. The van der Waals surface area contributed by atoms with E-state index in [2.05, 4.69) is 0 Å². The lowest BCUT2D eigenvalue weighted by molar-refractivity contribution is -0.115. The Hall–Kier alpha value is -1.22. The molecule has 1 aromatic rings. The van der Waals surface area contributed by atoms with Gasteiger partial charge in [0.15, 0.2) is 0 Å². The summed E-state index contributed by atoms with van der Waals surface area (Å²) in [6, 6.07) is 0. The molecule has 0 spiro atoms. The maximum absolute atomic E-state index is 11.3. The summed E-state index contributed by atoms with van der Waals surface area (Å²) < 4.78 is 5.48. The highest BCUT2D eigenvalue weighted by molar-refractivity contribution is 6.32. The van der Waals surface area contributed by atoms with E-state index in [0.29, 0.717) is 6.54 Å². The number of anilines is 1. The van der Waals surface area contributed by atoms with Crippen LogP contribution in [0.3, 0.4) is 0 Å². The Labute approximate surface area is 114 Å². The van der Waals surface area contributed by atoms with Gasteiger partial charge < -0.3 is 9.64 Å². The summed E-state index contributed by atoms with van der Waals surface area (Å²) in [4.78, 5) is 13.1. The van der Waals surface area contributed by atoms with Crippen LogP contribution in [0, 0.1) is 20.8 Å². The number of Topliss-reactive ketones (excluding diaryl/α,β-unsaturated/α-hetero) is 1. The number of benzene rings is 1. The first kappa shape index (κ1) is 14.8. The monoisotopic (exact) mass is 269 g/mol. The molecule has 4 heteroatoms. The maximum atomic E-state index is 11.3. The van der Waals surface area contributed by atoms with Crippen LogP contribution >= 0.6 is 11.6 Å². The van der Waals surface area contributed by atoms with Crippen molar-refractivity contribution in [3.8, 4) is 5.75 Å². The maximum Gasteiger partial charge on any atom is 0.149 e. The first-order valence-corrected chi connectivity index (χ1v) is 6.22. The van der Waals surface area contributed by atoms with Crippen molar-refractivity contribution < 1.29 is 9.53 Å². The topological polar surface area (TPSA) is 29.5 Å². The second kappa shape index (κ2) is 5.61. The molecule has 0 N–H and O–H groups in total. The predicted octanol–water partition coefficient (Wildman–Crippen LogP) is 3.30. The van der Waals surface area contributed by atoms with E-state index in [9.17, 15) is 4.79 Å². The highest BCUT2D eigenvalue weighted by Gasteiger charge is 2.20. The zero-order chi connectivity index (χ0) is 14.0. The van der Waals surface area contributed by atoms with Crippen molar-refractivity contribution >= 4 is 23.1 Å². The van der Waals surface area contributed by atoms with E-state index in [1.54, 1.807) is 14.0 Å². The van der Waals surface area contributed by atoms with E-state index in [1.807, 2.05) is 32.7 Å². The van der Waals surface area contributed by atoms with Gasteiger partial charge in [-0.15, -0.1) is 0 Å². The number of hydrogen-bond acceptors (Lipinski definition) is 3. The summed E-state index contributed by atoms with van der Waals surface area (Å²) >= 11 is 6.33. The van der Waals surface area contributed by atoms with Gasteiger partial charge >= 0.3 is 0 Å². The Morgan fingerprint density at radius 3 is 2.22 bits per heavy atom. The molecule has 0 bridgehead atoms. The fourth-order valence-electron chi connectivity index (χ4n) is 2.19. The van der Waals surface area contributed by atoms with Gasteiger partial charge in [-0.3, -0.25) is 4.79 Å². The van der Waals surface area contributed by atoms with Crippen molar-refractivity contribution in [1.29, 1.82) is 0 Å². The fourth-order valence-corrected chi connectivity index (χ4v) is 2.42.